The van der Waals surface area contributed by atoms with E-state index in [2.05, 4.69) is 0 Å². The van der Waals surface area contributed by atoms with E-state index in [9.17, 15) is 13.2 Å². The van der Waals surface area contributed by atoms with E-state index in [1.807, 2.05) is 60.7 Å². The summed E-state index contributed by atoms with van der Waals surface area (Å²) in [5, 5.41) is 1.22. The summed E-state index contributed by atoms with van der Waals surface area (Å²) in [7, 11) is -3.21. The number of thioether (sulfide) groups is 1. The van der Waals surface area contributed by atoms with Crippen molar-refractivity contribution in [2.45, 2.75) is 17.5 Å². The zero-order chi connectivity index (χ0) is 17.7. The highest BCUT2D eigenvalue weighted by molar-refractivity contribution is 8.00. The topological polar surface area (TPSA) is 54.5 Å². The van der Waals surface area contributed by atoms with Crippen molar-refractivity contribution in [2.75, 3.05) is 11.5 Å². The third-order valence-corrected chi connectivity index (χ3v) is 6.31. The van der Waals surface area contributed by atoms with E-state index in [0.717, 1.165) is 10.5 Å². The lowest BCUT2D eigenvalue weighted by Crippen LogP contribution is -2.41. The molecular formula is C19H19NO3S2. The molecule has 0 saturated carbocycles. The molecule has 0 bridgehead atoms. The Morgan fingerprint density at radius 1 is 1.04 bits per heavy atom. The molecule has 2 aromatic rings. The van der Waals surface area contributed by atoms with E-state index in [4.69, 9.17) is 0 Å². The van der Waals surface area contributed by atoms with Gasteiger partial charge in [0, 0.05) is 16.8 Å². The van der Waals surface area contributed by atoms with Gasteiger partial charge in [-0.2, -0.15) is 0 Å². The molecule has 0 fully saturated rings. The lowest BCUT2D eigenvalue weighted by molar-refractivity contribution is -0.130. The molecular weight excluding hydrogens is 354 g/mol. The second-order valence-electron chi connectivity index (χ2n) is 5.83. The van der Waals surface area contributed by atoms with Gasteiger partial charge in [-0.15, -0.1) is 11.8 Å². The van der Waals surface area contributed by atoms with Crippen LogP contribution < -0.4 is 0 Å². The van der Waals surface area contributed by atoms with Crippen LogP contribution in [0.5, 0.6) is 0 Å². The number of carbonyl (C=O) groups excluding carboxylic acids is 1. The van der Waals surface area contributed by atoms with Crippen molar-refractivity contribution in [1.29, 1.82) is 0 Å². The molecule has 25 heavy (non-hydrogen) atoms. The summed E-state index contributed by atoms with van der Waals surface area (Å²) in [6, 6.07) is 18.9. The van der Waals surface area contributed by atoms with Gasteiger partial charge < -0.3 is 4.90 Å². The first-order valence-corrected chi connectivity index (χ1v) is 10.7. The predicted molar refractivity (Wildman–Crippen MR) is 101 cm³/mol. The van der Waals surface area contributed by atoms with Crippen LogP contribution in [0.3, 0.4) is 0 Å². The molecule has 0 spiro atoms. The highest BCUT2D eigenvalue weighted by atomic mass is 32.2. The minimum atomic E-state index is -3.21. The number of sulfone groups is 1. The van der Waals surface area contributed by atoms with E-state index >= 15 is 0 Å². The Balaban J connectivity index is 1.73. The third kappa shape index (κ3) is 4.96. The SMILES string of the molecule is O=C(CSc1ccccc1)N(Cc1ccccc1)[C@@H]1C=CS(=O)(=O)C1. The number of rotatable bonds is 6. The van der Waals surface area contributed by atoms with Gasteiger partial charge in [0.05, 0.1) is 17.5 Å². The average molecular weight is 373 g/mol. The Labute approximate surface area is 152 Å². The molecule has 0 saturated heterocycles. The van der Waals surface area contributed by atoms with Gasteiger partial charge in [0.2, 0.25) is 5.91 Å². The number of carbonyl (C=O) groups is 1. The number of benzene rings is 2. The first kappa shape index (κ1) is 17.8. The van der Waals surface area contributed by atoms with Crippen molar-refractivity contribution in [3.63, 3.8) is 0 Å². The molecule has 2 aromatic carbocycles. The fourth-order valence-electron chi connectivity index (χ4n) is 2.67. The molecule has 0 aliphatic carbocycles. The molecule has 3 rings (SSSR count). The van der Waals surface area contributed by atoms with Gasteiger partial charge >= 0.3 is 0 Å². The fraction of sp³-hybridized carbons (Fsp3) is 0.211. The number of amides is 1. The molecule has 4 nitrogen and oxygen atoms in total. The Kier molecular flexibility index (Phi) is 5.60. The Morgan fingerprint density at radius 2 is 1.68 bits per heavy atom. The average Bonchev–Trinajstić information content (AvgIpc) is 2.99. The summed E-state index contributed by atoms with van der Waals surface area (Å²) in [6.07, 6.45) is 1.61. The largest absolute Gasteiger partial charge is 0.330 e. The third-order valence-electron chi connectivity index (χ3n) is 3.93. The maximum atomic E-state index is 12.8. The van der Waals surface area contributed by atoms with Gasteiger partial charge in [-0.1, -0.05) is 48.5 Å². The van der Waals surface area contributed by atoms with Crippen LogP contribution in [0.2, 0.25) is 0 Å². The van der Waals surface area contributed by atoms with Crippen molar-refractivity contribution in [1.82, 2.24) is 4.90 Å². The second kappa shape index (κ2) is 7.89. The molecule has 1 heterocycles. The highest BCUT2D eigenvalue weighted by Crippen LogP contribution is 2.22. The number of hydrogen-bond donors (Lipinski definition) is 0. The van der Waals surface area contributed by atoms with E-state index < -0.39 is 15.9 Å². The Bertz CT molecular complexity index is 849. The van der Waals surface area contributed by atoms with Gasteiger partial charge in [0.15, 0.2) is 9.84 Å². The lowest BCUT2D eigenvalue weighted by Gasteiger charge is -2.27. The van der Waals surface area contributed by atoms with Crippen LogP contribution in [0.15, 0.2) is 77.0 Å². The molecule has 1 amide bonds. The van der Waals surface area contributed by atoms with Gasteiger partial charge in [-0.25, -0.2) is 8.42 Å². The van der Waals surface area contributed by atoms with Crippen LogP contribution in [-0.2, 0) is 21.2 Å². The van der Waals surface area contributed by atoms with Crippen LogP contribution >= 0.6 is 11.8 Å². The predicted octanol–water partition coefficient (Wildman–Crippen LogP) is 3.12. The minimum absolute atomic E-state index is 0.0401. The van der Waals surface area contributed by atoms with Gasteiger partial charge in [0.1, 0.15) is 0 Å². The molecule has 0 radical (unpaired) electrons. The van der Waals surface area contributed by atoms with Crippen LogP contribution in [0.1, 0.15) is 5.56 Å². The zero-order valence-corrected chi connectivity index (χ0v) is 15.2. The summed E-state index contributed by atoms with van der Waals surface area (Å²) in [4.78, 5) is 15.5. The molecule has 0 aromatic heterocycles. The van der Waals surface area contributed by atoms with Crippen molar-refractivity contribution in [3.8, 4) is 0 Å². The summed E-state index contributed by atoms with van der Waals surface area (Å²) >= 11 is 1.46. The number of nitrogens with zero attached hydrogens (tertiary/aromatic N) is 1. The van der Waals surface area contributed by atoms with Gasteiger partial charge in [-0.05, 0) is 23.8 Å². The summed E-state index contributed by atoms with van der Waals surface area (Å²) in [5.41, 5.74) is 0.984. The molecule has 0 unspecified atom stereocenters. The van der Waals surface area contributed by atoms with E-state index in [0.29, 0.717) is 6.54 Å². The van der Waals surface area contributed by atoms with Crippen molar-refractivity contribution >= 4 is 27.5 Å². The number of hydrogen-bond acceptors (Lipinski definition) is 4. The van der Waals surface area contributed by atoms with Crippen LogP contribution in [0, 0.1) is 0 Å². The van der Waals surface area contributed by atoms with Crippen LogP contribution in [-0.4, -0.2) is 36.8 Å². The molecule has 1 atom stereocenters. The van der Waals surface area contributed by atoms with Crippen LogP contribution in [0.4, 0.5) is 0 Å². The zero-order valence-electron chi connectivity index (χ0n) is 13.6. The van der Waals surface area contributed by atoms with E-state index in [1.54, 1.807) is 11.0 Å². The summed E-state index contributed by atoms with van der Waals surface area (Å²) < 4.78 is 23.5. The maximum Gasteiger partial charge on any atom is 0.233 e. The first-order valence-electron chi connectivity index (χ1n) is 7.96. The second-order valence-corrected chi connectivity index (χ2v) is 8.81. The Hall–Kier alpha value is -2.05. The summed E-state index contributed by atoms with van der Waals surface area (Å²) in [5.74, 6) is 0.174. The maximum absolute atomic E-state index is 12.8. The normalized spacial score (nSPS) is 18.2. The van der Waals surface area contributed by atoms with E-state index in [-0.39, 0.29) is 17.4 Å². The van der Waals surface area contributed by atoms with Gasteiger partial charge in [-0.3, -0.25) is 4.79 Å². The monoisotopic (exact) mass is 373 g/mol. The standard InChI is InChI=1S/C19H19NO3S2/c21-19(14-24-18-9-5-2-6-10-18)20(13-16-7-3-1-4-8-16)17-11-12-25(22,23)15-17/h1-12,17H,13-15H2/t17-/m1/s1. The Morgan fingerprint density at radius 3 is 2.28 bits per heavy atom. The van der Waals surface area contributed by atoms with Crippen molar-refractivity contribution in [3.05, 3.63) is 77.7 Å². The smallest absolute Gasteiger partial charge is 0.233 e. The van der Waals surface area contributed by atoms with E-state index in [1.165, 1.54) is 17.2 Å². The minimum Gasteiger partial charge on any atom is -0.330 e. The van der Waals surface area contributed by atoms with Crippen molar-refractivity contribution < 1.29 is 13.2 Å². The molecule has 1 aliphatic rings. The molecule has 6 heteroatoms. The molecule has 1 aliphatic heterocycles. The summed E-state index contributed by atoms with van der Waals surface area (Å²) in [6.45, 7) is 0.402. The quantitative estimate of drug-likeness (QED) is 0.730. The fourth-order valence-corrected chi connectivity index (χ4v) is 4.77. The molecule has 0 N–H and O–H groups in total. The highest BCUT2D eigenvalue weighted by Gasteiger charge is 2.30. The molecule has 130 valence electrons. The first-order chi connectivity index (χ1) is 12.0. The van der Waals surface area contributed by atoms with Crippen LogP contribution in [0.25, 0.3) is 0 Å². The van der Waals surface area contributed by atoms with Gasteiger partial charge in [0.25, 0.3) is 0 Å². The lowest BCUT2D eigenvalue weighted by atomic mass is 10.2. The van der Waals surface area contributed by atoms with Crippen molar-refractivity contribution in [2.24, 2.45) is 0 Å².